The van der Waals surface area contributed by atoms with Crippen molar-refractivity contribution in [3.8, 4) is 28.7 Å². The van der Waals surface area contributed by atoms with Crippen LogP contribution in [0.4, 0.5) is 4.39 Å². The molecule has 3 aromatic rings. The number of likely N-dealkylation sites (tertiary alicyclic amines) is 1. The standard InChI is InChI=1S/C29H30FNO5/c1-18-24-14-21(32)8-11-26(24)36-28(27(18)23-4-3-5-25(33)29(23)34-2)20-6-9-22(10-7-20)35-13-12-31-16-19(15-30)17-31/h3-11,14,19,28,32-33H,12-13,15-17H2,1-2H3. The summed E-state index contributed by atoms with van der Waals surface area (Å²) in [7, 11) is 1.52. The molecule has 1 fully saturated rings. The van der Waals surface area contributed by atoms with Crippen LogP contribution in [0, 0.1) is 5.92 Å². The van der Waals surface area contributed by atoms with E-state index >= 15 is 0 Å². The minimum absolute atomic E-state index is 0.0412. The number of phenolic OH excluding ortho intramolecular Hbond substituents is 2. The number of allylic oxidation sites excluding steroid dienone is 1. The van der Waals surface area contributed by atoms with E-state index < -0.39 is 6.10 Å². The second-order valence-corrected chi connectivity index (χ2v) is 9.27. The van der Waals surface area contributed by atoms with E-state index in [4.69, 9.17) is 14.2 Å². The Morgan fingerprint density at radius 3 is 2.53 bits per heavy atom. The largest absolute Gasteiger partial charge is 0.508 e. The number of phenols is 2. The Bertz CT molecular complexity index is 1270. The van der Waals surface area contributed by atoms with Crippen molar-refractivity contribution >= 4 is 11.1 Å². The van der Waals surface area contributed by atoms with Crippen molar-refractivity contribution in [2.24, 2.45) is 5.92 Å². The lowest BCUT2D eigenvalue weighted by Crippen LogP contribution is -2.49. The van der Waals surface area contributed by atoms with Crippen molar-refractivity contribution in [2.75, 3.05) is 40.0 Å². The van der Waals surface area contributed by atoms with Gasteiger partial charge in [0.2, 0.25) is 0 Å². The highest BCUT2D eigenvalue weighted by Crippen LogP contribution is 2.50. The predicted octanol–water partition coefficient (Wildman–Crippen LogP) is 5.45. The molecule has 0 aromatic heterocycles. The molecule has 0 aliphatic carbocycles. The molecule has 2 heterocycles. The fourth-order valence-electron chi connectivity index (χ4n) is 4.96. The van der Waals surface area contributed by atoms with E-state index in [1.165, 1.54) is 7.11 Å². The molecule has 1 atom stereocenters. The zero-order chi connectivity index (χ0) is 25.2. The molecule has 2 aliphatic heterocycles. The predicted molar refractivity (Wildman–Crippen MR) is 136 cm³/mol. The fourth-order valence-corrected chi connectivity index (χ4v) is 4.96. The van der Waals surface area contributed by atoms with Crippen molar-refractivity contribution < 1.29 is 28.8 Å². The van der Waals surface area contributed by atoms with Gasteiger partial charge in [-0.25, -0.2) is 0 Å². The van der Waals surface area contributed by atoms with Crippen molar-refractivity contribution in [3.63, 3.8) is 0 Å². The number of benzene rings is 3. The maximum absolute atomic E-state index is 12.6. The first kappa shape index (κ1) is 24.0. The second kappa shape index (κ2) is 10.1. The van der Waals surface area contributed by atoms with Gasteiger partial charge in [-0.3, -0.25) is 9.29 Å². The Hall–Kier alpha value is -3.71. The van der Waals surface area contributed by atoms with E-state index in [-0.39, 0.29) is 24.1 Å². The number of halogens is 1. The van der Waals surface area contributed by atoms with Gasteiger partial charge in [0.15, 0.2) is 11.5 Å². The van der Waals surface area contributed by atoms with Gasteiger partial charge in [0, 0.05) is 42.3 Å². The van der Waals surface area contributed by atoms with E-state index in [0.29, 0.717) is 18.1 Å². The topological polar surface area (TPSA) is 71.4 Å². The molecule has 0 amide bonds. The Morgan fingerprint density at radius 1 is 1.03 bits per heavy atom. The second-order valence-electron chi connectivity index (χ2n) is 9.27. The molecule has 0 bridgehead atoms. The van der Waals surface area contributed by atoms with Gasteiger partial charge in [-0.15, -0.1) is 0 Å². The number of methoxy groups -OCH3 is 1. The molecule has 3 aromatic carbocycles. The first-order valence-corrected chi connectivity index (χ1v) is 12.1. The first-order chi connectivity index (χ1) is 17.5. The maximum atomic E-state index is 12.6. The smallest absolute Gasteiger partial charge is 0.168 e. The molecular formula is C29H30FNO5. The summed E-state index contributed by atoms with van der Waals surface area (Å²) in [4.78, 5) is 2.19. The molecule has 1 unspecified atom stereocenters. The molecule has 0 saturated carbocycles. The number of alkyl halides is 1. The van der Waals surface area contributed by atoms with Crippen LogP contribution in [0.15, 0.2) is 60.7 Å². The normalized spacial score (nSPS) is 17.8. The van der Waals surface area contributed by atoms with Crippen LogP contribution in [0.1, 0.15) is 29.7 Å². The summed E-state index contributed by atoms with van der Waals surface area (Å²) in [5, 5.41) is 20.5. The number of nitrogens with zero attached hydrogens (tertiary/aromatic N) is 1. The van der Waals surface area contributed by atoms with Crippen molar-refractivity contribution in [1.29, 1.82) is 0 Å². The molecule has 7 heteroatoms. The summed E-state index contributed by atoms with van der Waals surface area (Å²) in [6.07, 6.45) is -0.467. The molecule has 188 valence electrons. The van der Waals surface area contributed by atoms with Gasteiger partial charge in [0.05, 0.1) is 13.8 Å². The molecule has 6 nitrogen and oxygen atoms in total. The number of ether oxygens (including phenoxy) is 3. The molecule has 2 N–H and O–H groups in total. The zero-order valence-electron chi connectivity index (χ0n) is 20.4. The molecule has 1 saturated heterocycles. The highest BCUT2D eigenvalue weighted by molar-refractivity contribution is 5.97. The third-order valence-electron chi connectivity index (χ3n) is 6.88. The van der Waals surface area contributed by atoms with E-state index in [1.54, 1.807) is 30.3 Å². The maximum Gasteiger partial charge on any atom is 0.168 e. The van der Waals surface area contributed by atoms with Crippen LogP contribution in [0.3, 0.4) is 0 Å². The summed E-state index contributed by atoms with van der Waals surface area (Å²) in [6, 6.07) is 18.1. The van der Waals surface area contributed by atoms with Gasteiger partial charge < -0.3 is 24.4 Å². The van der Waals surface area contributed by atoms with Gasteiger partial charge in [-0.05, 0) is 54.5 Å². The summed E-state index contributed by atoms with van der Waals surface area (Å²) < 4.78 is 30.5. The Kier molecular flexibility index (Phi) is 6.74. The third kappa shape index (κ3) is 4.58. The monoisotopic (exact) mass is 491 g/mol. The fraction of sp³-hybridized carbons (Fsp3) is 0.310. The SMILES string of the molecule is COc1c(O)cccc1C1=C(C)c2cc(O)ccc2OC1c1ccc(OCCN2CC(CF)C2)cc1. The average Bonchev–Trinajstić information content (AvgIpc) is 2.86. The summed E-state index contributed by atoms with van der Waals surface area (Å²) in [5.41, 5.74) is 4.18. The van der Waals surface area contributed by atoms with E-state index in [0.717, 1.165) is 53.2 Å². The lowest BCUT2D eigenvalue weighted by Gasteiger charge is -2.37. The van der Waals surface area contributed by atoms with Crippen molar-refractivity contribution in [3.05, 3.63) is 77.4 Å². The van der Waals surface area contributed by atoms with Crippen LogP contribution in [0.2, 0.25) is 0 Å². The third-order valence-corrected chi connectivity index (χ3v) is 6.88. The first-order valence-electron chi connectivity index (χ1n) is 12.1. The van der Waals surface area contributed by atoms with Gasteiger partial charge in [-0.1, -0.05) is 24.3 Å². The summed E-state index contributed by atoms with van der Waals surface area (Å²) in [6.45, 7) is 4.64. The lowest BCUT2D eigenvalue weighted by molar-refractivity contribution is 0.0668. The van der Waals surface area contributed by atoms with Crippen molar-refractivity contribution in [1.82, 2.24) is 4.90 Å². The number of fused-ring (bicyclic) bond motifs is 1. The van der Waals surface area contributed by atoms with E-state index in [9.17, 15) is 14.6 Å². The Balaban J connectivity index is 1.43. The number of hydrogen-bond donors (Lipinski definition) is 2. The van der Waals surface area contributed by atoms with Gasteiger partial charge in [0.1, 0.15) is 30.0 Å². The quantitative estimate of drug-likeness (QED) is 0.437. The van der Waals surface area contributed by atoms with Gasteiger partial charge in [-0.2, -0.15) is 0 Å². The van der Waals surface area contributed by atoms with Crippen LogP contribution in [-0.2, 0) is 0 Å². The molecule has 5 rings (SSSR count). The van der Waals surface area contributed by atoms with Crippen LogP contribution in [0.25, 0.3) is 11.1 Å². The number of rotatable bonds is 8. The molecule has 0 radical (unpaired) electrons. The molecule has 36 heavy (non-hydrogen) atoms. The lowest BCUT2D eigenvalue weighted by atomic mass is 9.85. The number of aromatic hydroxyl groups is 2. The number of para-hydroxylation sites is 1. The van der Waals surface area contributed by atoms with Gasteiger partial charge >= 0.3 is 0 Å². The average molecular weight is 492 g/mol. The van der Waals surface area contributed by atoms with Crippen LogP contribution >= 0.6 is 0 Å². The van der Waals surface area contributed by atoms with E-state index in [1.807, 2.05) is 37.3 Å². The minimum Gasteiger partial charge on any atom is -0.508 e. The summed E-state index contributed by atoms with van der Waals surface area (Å²) >= 11 is 0. The Labute approximate surface area is 210 Å². The number of hydrogen-bond acceptors (Lipinski definition) is 6. The Morgan fingerprint density at radius 2 is 1.81 bits per heavy atom. The summed E-state index contributed by atoms with van der Waals surface area (Å²) in [5.74, 6) is 2.14. The van der Waals surface area contributed by atoms with Crippen LogP contribution < -0.4 is 14.2 Å². The molecule has 0 spiro atoms. The van der Waals surface area contributed by atoms with E-state index in [2.05, 4.69) is 4.90 Å². The highest BCUT2D eigenvalue weighted by atomic mass is 19.1. The van der Waals surface area contributed by atoms with Crippen molar-refractivity contribution in [2.45, 2.75) is 13.0 Å². The van der Waals surface area contributed by atoms with Crippen LogP contribution in [-0.4, -0.2) is 55.1 Å². The van der Waals surface area contributed by atoms with Crippen LogP contribution in [0.5, 0.6) is 28.7 Å². The minimum atomic E-state index is -0.467. The molecule has 2 aliphatic rings. The van der Waals surface area contributed by atoms with Gasteiger partial charge in [0.25, 0.3) is 0 Å². The highest BCUT2D eigenvalue weighted by Gasteiger charge is 2.32. The zero-order valence-corrected chi connectivity index (χ0v) is 20.4. The molecular weight excluding hydrogens is 461 g/mol.